The molecule has 1 aromatic heterocycles. The molecule has 1 fully saturated rings. The van der Waals surface area contributed by atoms with E-state index in [1.54, 1.807) is 11.3 Å². The lowest BCUT2D eigenvalue weighted by Gasteiger charge is -2.31. The summed E-state index contributed by atoms with van der Waals surface area (Å²) in [5, 5.41) is 14.1. The fourth-order valence-corrected chi connectivity index (χ4v) is 6.16. The summed E-state index contributed by atoms with van der Waals surface area (Å²) in [7, 11) is -3.64. The highest BCUT2D eigenvalue weighted by Crippen LogP contribution is 2.29. The number of hydrogen-bond acceptors (Lipinski definition) is 5. The Hall–Kier alpha value is -2.99. The molecule has 0 radical (unpaired) electrons. The van der Waals surface area contributed by atoms with Gasteiger partial charge in [0, 0.05) is 23.9 Å². The van der Waals surface area contributed by atoms with Crippen LogP contribution in [-0.2, 0) is 14.8 Å². The molecule has 1 N–H and O–H groups in total. The quantitative estimate of drug-likeness (QED) is 0.597. The van der Waals surface area contributed by atoms with E-state index in [9.17, 15) is 13.2 Å². The van der Waals surface area contributed by atoms with Gasteiger partial charge >= 0.3 is 0 Å². The fourth-order valence-electron chi connectivity index (χ4n) is 3.89. The topological polar surface area (TPSA) is 90.3 Å². The van der Waals surface area contributed by atoms with Crippen LogP contribution in [0.1, 0.15) is 34.9 Å². The Balaban J connectivity index is 1.42. The van der Waals surface area contributed by atoms with Crippen molar-refractivity contribution in [1.29, 1.82) is 5.26 Å². The molecule has 0 unspecified atom stereocenters. The fraction of sp³-hybridized carbons (Fsp3) is 0.250. The van der Waals surface area contributed by atoms with Crippen molar-refractivity contribution in [2.24, 2.45) is 5.92 Å². The van der Waals surface area contributed by atoms with Crippen LogP contribution in [0.4, 0.5) is 0 Å². The highest BCUT2D eigenvalue weighted by Gasteiger charge is 2.33. The van der Waals surface area contributed by atoms with Crippen LogP contribution in [0, 0.1) is 17.2 Å². The second-order valence-corrected chi connectivity index (χ2v) is 10.6. The molecule has 2 heterocycles. The van der Waals surface area contributed by atoms with Crippen molar-refractivity contribution in [1.82, 2.24) is 9.62 Å². The monoisotopic (exact) mass is 465 g/mol. The van der Waals surface area contributed by atoms with Crippen LogP contribution < -0.4 is 5.32 Å². The predicted octanol–water partition coefficient (Wildman–Crippen LogP) is 3.93. The molecule has 0 saturated carbocycles. The Morgan fingerprint density at radius 1 is 1.03 bits per heavy atom. The molecule has 8 heteroatoms. The Morgan fingerprint density at radius 3 is 2.31 bits per heavy atom. The Morgan fingerprint density at radius 2 is 1.72 bits per heavy atom. The molecule has 164 valence electrons. The van der Waals surface area contributed by atoms with Crippen molar-refractivity contribution in [3.8, 4) is 6.07 Å². The van der Waals surface area contributed by atoms with Crippen LogP contribution in [-0.4, -0.2) is 31.7 Å². The summed E-state index contributed by atoms with van der Waals surface area (Å²) in [6.07, 6.45) is 0.931. The Bertz CT molecular complexity index is 1190. The van der Waals surface area contributed by atoms with Crippen molar-refractivity contribution in [3.05, 3.63) is 88.1 Å². The maximum absolute atomic E-state index is 13.1. The van der Waals surface area contributed by atoms with Gasteiger partial charge in [0.2, 0.25) is 15.9 Å². The van der Waals surface area contributed by atoms with Gasteiger partial charge in [0.05, 0.1) is 22.6 Å². The average molecular weight is 466 g/mol. The normalized spacial score (nSPS) is 16.2. The first-order valence-corrected chi connectivity index (χ1v) is 12.7. The largest absolute Gasteiger partial charge is 0.344 e. The van der Waals surface area contributed by atoms with Crippen LogP contribution in [0.2, 0.25) is 0 Å². The minimum Gasteiger partial charge on any atom is -0.344 e. The van der Waals surface area contributed by atoms with Gasteiger partial charge in [-0.3, -0.25) is 4.79 Å². The number of thiophene rings is 1. The number of rotatable bonds is 6. The molecule has 1 aliphatic heterocycles. The number of sulfonamides is 1. The first-order chi connectivity index (χ1) is 15.5. The van der Waals surface area contributed by atoms with E-state index in [0.29, 0.717) is 18.4 Å². The number of nitriles is 1. The maximum Gasteiger partial charge on any atom is 0.243 e. The van der Waals surface area contributed by atoms with E-state index in [1.165, 1.54) is 28.6 Å². The lowest BCUT2D eigenvalue weighted by molar-refractivity contribution is -0.126. The summed E-state index contributed by atoms with van der Waals surface area (Å²) in [6, 6.07) is 21.5. The van der Waals surface area contributed by atoms with Gasteiger partial charge in [-0.1, -0.05) is 36.4 Å². The third-order valence-electron chi connectivity index (χ3n) is 5.69. The van der Waals surface area contributed by atoms with Crippen molar-refractivity contribution in [2.75, 3.05) is 13.1 Å². The van der Waals surface area contributed by atoms with Crippen molar-refractivity contribution in [2.45, 2.75) is 23.8 Å². The molecular formula is C24H23N3O3S2. The molecule has 6 nitrogen and oxygen atoms in total. The van der Waals surface area contributed by atoms with Crippen molar-refractivity contribution < 1.29 is 13.2 Å². The smallest absolute Gasteiger partial charge is 0.243 e. The van der Waals surface area contributed by atoms with E-state index >= 15 is 0 Å². The second-order valence-electron chi connectivity index (χ2n) is 7.68. The van der Waals surface area contributed by atoms with Gasteiger partial charge in [0.1, 0.15) is 0 Å². The second kappa shape index (κ2) is 9.65. The van der Waals surface area contributed by atoms with Crippen LogP contribution in [0.3, 0.4) is 0 Å². The average Bonchev–Trinajstić information content (AvgIpc) is 3.38. The summed E-state index contributed by atoms with van der Waals surface area (Å²) in [6.45, 7) is 0.574. The number of nitrogens with one attached hydrogen (secondary N) is 1. The minimum atomic E-state index is -3.64. The first-order valence-electron chi connectivity index (χ1n) is 10.4. The molecule has 1 aliphatic rings. The predicted molar refractivity (Wildman–Crippen MR) is 123 cm³/mol. The van der Waals surface area contributed by atoms with Gasteiger partial charge in [0.25, 0.3) is 0 Å². The zero-order valence-corrected chi connectivity index (χ0v) is 19.0. The summed E-state index contributed by atoms with van der Waals surface area (Å²) in [5.74, 6) is -0.295. The number of piperidine rings is 1. The van der Waals surface area contributed by atoms with Gasteiger partial charge in [-0.25, -0.2) is 8.42 Å². The van der Waals surface area contributed by atoms with Crippen LogP contribution in [0.5, 0.6) is 0 Å². The molecule has 0 spiro atoms. The van der Waals surface area contributed by atoms with Crippen molar-refractivity contribution >= 4 is 27.3 Å². The first kappa shape index (κ1) is 22.2. The van der Waals surface area contributed by atoms with Crippen molar-refractivity contribution in [3.63, 3.8) is 0 Å². The summed E-state index contributed by atoms with van der Waals surface area (Å²) >= 11 is 1.60. The number of amides is 1. The number of hydrogen-bond donors (Lipinski definition) is 1. The van der Waals surface area contributed by atoms with Crippen LogP contribution >= 0.6 is 11.3 Å². The molecule has 3 aromatic rings. The van der Waals surface area contributed by atoms with E-state index in [-0.39, 0.29) is 35.9 Å². The Labute approximate surface area is 192 Å². The summed E-state index contributed by atoms with van der Waals surface area (Å²) < 4.78 is 27.3. The zero-order valence-electron chi connectivity index (χ0n) is 17.3. The molecule has 1 amide bonds. The van der Waals surface area contributed by atoms with Gasteiger partial charge in [-0.05, 0) is 54.1 Å². The number of benzene rings is 2. The molecule has 32 heavy (non-hydrogen) atoms. The van der Waals surface area contributed by atoms with Crippen LogP contribution in [0.15, 0.2) is 77.0 Å². The van der Waals surface area contributed by atoms with Crippen LogP contribution in [0.25, 0.3) is 0 Å². The zero-order chi connectivity index (χ0) is 22.6. The molecule has 0 aliphatic carbocycles. The van der Waals surface area contributed by atoms with Gasteiger partial charge in [0.15, 0.2) is 0 Å². The number of carbonyl (C=O) groups is 1. The van der Waals surface area contributed by atoms with Gasteiger partial charge in [-0.2, -0.15) is 9.57 Å². The highest BCUT2D eigenvalue weighted by molar-refractivity contribution is 7.89. The minimum absolute atomic E-state index is 0.0531. The highest BCUT2D eigenvalue weighted by atomic mass is 32.2. The third-order valence-corrected chi connectivity index (χ3v) is 8.54. The molecule has 1 saturated heterocycles. The van der Waals surface area contributed by atoms with E-state index in [1.807, 2.05) is 53.9 Å². The number of nitrogens with zero attached hydrogens (tertiary/aromatic N) is 2. The SMILES string of the molecule is N#Cc1ccc(S(=O)(=O)N2CCC(C(=O)N[C@@H](c3ccccc3)c3cccs3)CC2)cc1. The van der Waals surface area contributed by atoms with E-state index < -0.39 is 10.0 Å². The number of carbonyl (C=O) groups excluding carboxylic acids is 1. The van der Waals surface area contributed by atoms with Gasteiger partial charge < -0.3 is 5.32 Å². The molecule has 0 bridgehead atoms. The summed E-state index contributed by atoms with van der Waals surface area (Å²) in [4.78, 5) is 14.3. The summed E-state index contributed by atoms with van der Waals surface area (Å²) in [5.41, 5.74) is 1.43. The molecule has 1 atom stereocenters. The third kappa shape index (κ3) is 4.75. The Kier molecular flexibility index (Phi) is 6.70. The maximum atomic E-state index is 13.1. The standard InChI is InChI=1S/C24H23N3O3S2/c25-17-18-8-10-21(11-9-18)32(29,30)27-14-12-20(13-15-27)24(28)26-23(22-7-4-16-31-22)19-5-2-1-3-6-19/h1-11,16,20,23H,12-15H2,(H,26,28)/t23-/m0/s1. The van der Waals surface area contributed by atoms with E-state index in [0.717, 1.165) is 10.4 Å². The molecule has 4 rings (SSSR count). The lowest BCUT2D eigenvalue weighted by Crippen LogP contribution is -2.43. The lowest BCUT2D eigenvalue weighted by atomic mass is 9.96. The van der Waals surface area contributed by atoms with E-state index in [2.05, 4.69) is 5.32 Å². The molecular weight excluding hydrogens is 442 g/mol. The van der Waals surface area contributed by atoms with Gasteiger partial charge in [-0.15, -0.1) is 11.3 Å². The van der Waals surface area contributed by atoms with E-state index in [4.69, 9.17) is 5.26 Å². The molecule has 2 aromatic carbocycles.